The lowest BCUT2D eigenvalue weighted by molar-refractivity contribution is 0.191. The molecule has 0 aliphatic carbocycles. The van der Waals surface area contributed by atoms with Gasteiger partial charge in [-0.3, -0.25) is 4.98 Å². The number of aliphatic hydroxyl groups is 1. The SMILES string of the molecule is CC(O)CNCc1cccc2ncccc12.[HH]. The molecular weight excluding hydrogens is 200 g/mol. The van der Waals surface area contributed by atoms with Crippen LogP contribution in [0, 0.1) is 0 Å². The zero-order valence-electron chi connectivity index (χ0n) is 9.35. The fraction of sp³-hybridized carbons (Fsp3) is 0.308. The fourth-order valence-electron chi connectivity index (χ4n) is 1.74. The molecule has 2 aromatic rings. The van der Waals surface area contributed by atoms with Crippen molar-refractivity contribution in [1.82, 2.24) is 10.3 Å². The average Bonchev–Trinajstić information content (AvgIpc) is 2.29. The highest BCUT2D eigenvalue weighted by Gasteiger charge is 2.01. The third-order valence-corrected chi connectivity index (χ3v) is 2.49. The number of nitrogens with zero attached hydrogens (tertiary/aromatic N) is 1. The highest BCUT2D eigenvalue weighted by atomic mass is 16.3. The number of benzene rings is 1. The van der Waals surface area contributed by atoms with Gasteiger partial charge in [-0.2, -0.15) is 0 Å². The van der Waals surface area contributed by atoms with Gasteiger partial charge in [-0.05, 0) is 24.6 Å². The van der Waals surface area contributed by atoms with Crippen molar-refractivity contribution >= 4 is 10.9 Å². The van der Waals surface area contributed by atoms with Crippen LogP contribution in [-0.2, 0) is 6.54 Å². The van der Waals surface area contributed by atoms with Crippen molar-refractivity contribution in [3.05, 3.63) is 42.1 Å². The summed E-state index contributed by atoms with van der Waals surface area (Å²) in [5.41, 5.74) is 2.23. The number of nitrogens with one attached hydrogen (secondary N) is 1. The molecule has 16 heavy (non-hydrogen) atoms. The number of fused-ring (bicyclic) bond motifs is 1. The van der Waals surface area contributed by atoms with E-state index < -0.39 is 0 Å². The molecule has 1 aromatic heterocycles. The first kappa shape index (κ1) is 11.0. The van der Waals surface area contributed by atoms with Crippen molar-refractivity contribution in [1.29, 1.82) is 0 Å². The van der Waals surface area contributed by atoms with Crippen LogP contribution < -0.4 is 5.32 Å². The molecule has 0 aliphatic rings. The summed E-state index contributed by atoms with van der Waals surface area (Å²) in [5.74, 6) is 0. The van der Waals surface area contributed by atoms with Gasteiger partial charge < -0.3 is 10.4 Å². The summed E-state index contributed by atoms with van der Waals surface area (Å²) in [6.45, 7) is 3.14. The second-order valence-corrected chi connectivity index (χ2v) is 3.97. The molecule has 2 N–H and O–H groups in total. The molecule has 0 saturated carbocycles. The molecule has 86 valence electrons. The van der Waals surface area contributed by atoms with Crippen LogP contribution in [0.5, 0.6) is 0 Å². The lowest BCUT2D eigenvalue weighted by Crippen LogP contribution is -2.23. The number of rotatable bonds is 4. The van der Waals surface area contributed by atoms with Crippen LogP contribution in [0.15, 0.2) is 36.5 Å². The number of pyridine rings is 1. The monoisotopic (exact) mass is 218 g/mol. The molecule has 0 radical (unpaired) electrons. The van der Waals surface area contributed by atoms with E-state index >= 15 is 0 Å². The van der Waals surface area contributed by atoms with E-state index in [9.17, 15) is 0 Å². The molecular formula is C13H18N2O. The van der Waals surface area contributed by atoms with Gasteiger partial charge in [0.25, 0.3) is 0 Å². The second-order valence-electron chi connectivity index (χ2n) is 3.97. The predicted octanol–water partition coefficient (Wildman–Crippen LogP) is 1.95. The smallest absolute Gasteiger partial charge is 0.0705 e. The van der Waals surface area contributed by atoms with Crippen molar-refractivity contribution in [2.45, 2.75) is 19.6 Å². The molecule has 0 amide bonds. The molecule has 1 aromatic carbocycles. The lowest BCUT2D eigenvalue weighted by Gasteiger charge is -2.09. The molecule has 3 heteroatoms. The Labute approximate surface area is 96.6 Å². The minimum atomic E-state index is -0.312. The van der Waals surface area contributed by atoms with Crippen molar-refractivity contribution in [2.75, 3.05) is 6.54 Å². The van der Waals surface area contributed by atoms with E-state index in [0.717, 1.165) is 12.1 Å². The van der Waals surface area contributed by atoms with Gasteiger partial charge in [-0.25, -0.2) is 0 Å². The first-order chi connectivity index (χ1) is 7.77. The van der Waals surface area contributed by atoms with E-state index in [1.54, 1.807) is 13.1 Å². The molecule has 2 rings (SSSR count). The molecule has 1 heterocycles. The zero-order valence-corrected chi connectivity index (χ0v) is 9.35. The lowest BCUT2D eigenvalue weighted by atomic mass is 10.1. The highest BCUT2D eigenvalue weighted by Crippen LogP contribution is 2.15. The number of hydrogen-bond donors (Lipinski definition) is 2. The highest BCUT2D eigenvalue weighted by molar-refractivity contribution is 5.81. The average molecular weight is 218 g/mol. The Kier molecular flexibility index (Phi) is 3.49. The summed E-state index contributed by atoms with van der Waals surface area (Å²) < 4.78 is 0. The van der Waals surface area contributed by atoms with Crippen molar-refractivity contribution in [2.24, 2.45) is 0 Å². The summed E-state index contributed by atoms with van der Waals surface area (Å²) in [6.07, 6.45) is 1.49. The third-order valence-electron chi connectivity index (χ3n) is 2.49. The molecule has 0 fully saturated rings. The van der Waals surface area contributed by atoms with Gasteiger partial charge in [0.2, 0.25) is 0 Å². The van der Waals surface area contributed by atoms with Crippen LogP contribution in [0.3, 0.4) is 0 Å². The zero-order chi connectivity index (χ0) is 11.4. The Morgan fingerprint density at radius 3 is 3.06 bits per heavy atom. The first-order valence-corrected chi connectivity index (χ1v) is 5.49. The minimum absolute atomic E-state index is 0. The maximum atomic E-state index is 9.17. The Morgan fingerprint density at radius 2 is 2.25 bits per heavy atom. The van der Waals surface area contributed by atoms with Crippen molar-refractivity contribution < 1.29 is 6.53 Å². The molecule has 3 nitrogen and oxygen atoms in total. The van der Waals surface area contributed by atoms with E-state index in [4.69, 9.17) is 5.11 Å². The van der Waals surface area contributed by atoms with Gasteiger partial charge in [0, 0.05) is 26.1 Å². The topological polar surface area (TPSA) is 45.1 Å². The summed E-state index contributed by atoms with van der Waals surface area (Å²) in [6, 6.07) is 10.1. The Hall–Kier alpha value is -1.45. The van der Waals surface area contributed by atoms with E-state index in [1.165, 1.54) is 10.9 Å². The van der Waals surface area contributed by atoms with E-state index in [-0.39, 0.29) is 7.53 Å². The fourth-order valence-corrected chi connectivity index (χ4v) is 1.74. The molecule has 0 aliphatic heterocycles. The Balaban J connectivity index is 0.00000144. The normalized spacial score (nSPS) is 12.9. The summed E-state index contributed by atoms with van der Waals surface area (Å²) in [5, 5.41) is 13.6. The summed E-state index contributed by atoms with van der Waals surface area (Å²) >= 11 is 0. The van der Waals surface area contributed by atoms with Gasteiger partial charge in [0.1, 0.15) is 0 Å². The standard InChI is InChI=1S/C13H16N2O.H2/c1-10(16)8-14-9-11-4-2-6-13-12(11)5-3-7-15-13;/h2-7,10,14,16H,8-9H2,1H3;1H. The number of aliphatic hydroxyl groups excluding tert-OH is 1. The van der Waals surface area contributed by atoms with Crippen molar-refractivity contribution in [3.63, 3.8) is 0 Å². The maximum absolute atomic E-state index is 9.17. The van der Waals surface area contributed by atoms with Crippen LogP contribution in [0.1, 0.15) is 13.9 Å². The van der Waals surface area contributed by atoms with Gasteiger partial charge in [-0.1, -0.05) is 18.2 Å². The van der Waals surface area contributed by atoms with Gasteiger partial charge in [0.05, 0.1) is 11.6 Å². The van der Waals surface area contributed by atoms with Gasteiger partial charge in [0.15, 0.2) is 0 Å². The molecule has 1 unspecified atom stereocenters. The van der Waals surface area contributed by atoms with Crippen molar-refractivity contribution in [3.8, 4) is 0 Å². The molecule has 0 spiro atoms. The summed E-state index contributed by atoms with van der Waals surface area (Å²) in [4.78, 5) is 4.31. The Morgan fingerprint density at radius 1 is 1.38 bits per heavy atom. The van der Waals surface area contributed by atoms with Gasteiger partial charge >= 0.3 is 0 Å². The predicted molar refractivity (Wildman–Crippen MR) is 67.2 cm³/mol. The van der Waals surface area contributed by atoms with Crippen LogP contribution in [-0.4, -0.2) is 22.7 Å². The molecule has 0 bridgehead atoms. The first-order valence-electron chi connectivity index (χ1n) is 5.49. The van der Waals surface area contributed by atoms with Crippen LogP contribution in [0.2, 0.25) is 0 Å². The maximum Gasteiger partial charge on any atom is 0.0705 e. The van der Waals surface area contributed by atoms with Gasteiger partial charge in [-0.15, -0.1) is 0 Å². The van der Waals surface area contributed by atoms with E-state index in [0.29, 0.717) is 6.54 Å². The molecule has 0 saturated heterocycles. The number of hydrogen-bond acceptors (Lipinski definition) is 3. The van der Waals surface area contributed by atoms with Crippen LogP contribution >= 0.6 is 0 Å². The quantitative estimate of drug-likeness (QED) is 0.824. The largest absolute Gasteiger partial charge is 0.392 e. The summed E-state index contributed by atoms with van der Waals surface area (Å²) in [7, 11) is 0. The minimum Gasteiger partial charge on any atom is -0.392 e. The van der Waals surface area contributed by atoms with Crippen LogP contribution in [0.4, 0.5) is 0 Å². The van der Waals surface area contributed by atoms with Crippen LogP contribution in [0.25, 0.3) is 10.9 Å². The Bertz CT molecular complexity index is 468. The molecule has 1 atom stereocenters. The van der Waals surface area contributed by atoms with E-state index in [1.807, 2.05) is 18.2 Å². The number of aromatic nitrogens is 1. The van der Waals surface area contributed by atoms with E-state index in [2.05, 4.69) is 22.4 Å². The third kappa shape index (κ3) is 2.56. The second kappa shape index (κ2) is 5.05.